The molecule has 4 heteroatoms. The zero-order valence-electron chi connectivity index (χ0n) is 13.7. The van der Waals surface area contributed by atoms with Gasteiger partial charge in [-0.2, -0.15) is 0 Å². The zero-order valence-corrected chi connectivity index (χ0v) is 15.3. The molecule has 0 saturated carbocycles. The van der Waals surface area contributed by atoms with E-state index in [9.17, 15) is 0 Å². The van der Waals surface area contributed by atoms with Crippen LogP contribution in [0, 0.1) is 5.41 Å². The summed E-state index contributed by atoms with van der Waals surface area (Å²) in [5, 5.41) is 0. The Hall–Kier alpha value is -1.00. The number of benzene rings is 1. The van der Waals surface area contributed by atoms with Gasteiger partial charge in [0, 0.05) is 30.4 Å². The molecule has 22 heavy (non-hydrogen) atoms. The van der Waals surface area contributed by atoms with E-state index in [1.807, 2.05) is 6.08 Å². The van der Waals surface area contributed by atoms with Crippen molar-refractivity contribution in [2.45, 2.75) is 26.7 Å². The van der Waals surface area contributed by atoms with E-state index in [-0.39, 0.29) is 5.41 Å². The Labute approximate surface area is 143 Å². The number of nitrogens with zero attached hydrogens (tertiary/aromatic N) is 1. The first-order chi connectivity index (χ1) is 10.4. The molecule has 1 aromatic rings. The highest BCUT2D eigenvalue weighted by molar-refractivity contribution is 8.22. The molecule has 0 saturated heterocycles. The Bertz CT molecular complexity index is 536. The normalized spacial score (nSPS) is 17.2. The fourth-order valence-electron chi connectivity index (χ4n) is 2.54. The van der Waals surface area contributed by atoms with Crippen LogP contribution in [0.4, 0.5) is 5.69 Å². The van der Waals surface area contributed by atoms with Crippen molar-refractivity contribution in [3.63, 3.8) is 0 Å². The molecule has 1 aliphatic heterocycles. The SMILES string of the molecule is C=CCN1CC(CSC(=S)OCC(C)(C)C)c2ccccc21. The van der Waals surface area contributed by atoms with Crippen LogP contribution in [-0.4, -0.2) is 29.8 Å². The molecule has 0 amide bonds. The van der Waals surface area contributed by atoms with Gasteiger partial charge in [0.15, 0.2) is 0 Å². The lowest BCUT2D eigenvalue weighted by atomic mass is 9.99. The molecule has 0 aromatic heterocycles. The average molecular weight is 336 g/mol. The molecular formula is C18H25NOS2. The summed E-state index contributed by atoms with van der Waals surface area (Å²) in [5.41, 5.74) is 2.88. The number of thioether (sulfide) groups is 1. The van der Waals surface area contributed by atoms with E-state index >= 15 is 0 Å². The summed E-state index contributed by atoms with van der Waals surface area (Å²) in [6, 6.07) is 8.63. The number of fused-ring (bicyclic) bond motifs is 1. The molecular weight excluding hydrogens is 310 g/mol. The summed E-state index contributed by atoms with van der Waals surface area (Å²) >= 11 is 7.00. The molecule has 2 nitrogen and oxygen atoms in total. The molecule has 1 unspecified atom stereocenters. The molecule has 0 aliphatic carbocycles. The quantitative estimate of drug-likeness (QED) is 0.562. The summed E-state index contributed by atoms with van der Waals surface area (Å²) in [6.07, 6.45) is 1.96. The summed E-state index contributed by atoms with van der Waals surface area (Å²) in [6.45, 7) is 12.9. The fraction of sp³-hybridized carbons (Fsp3) is 0.500. The van der Waals surface area contributed by atoms with Crippen LogP contribution in [0.5, 0.6) is 0 Å². The number of thiocarbonyl (C=S) groups is 1. The van der Waals surface area contributed by atoms with Gasteiger partial charge in [-0.15, -0.1) is 6.58 Å². The third-order valence-electron chi connectivity index (χ3n) is 3.53. The van der Waals surface area contributed by atoms with Crippen LogP contribution >= 0.6 is 24.0 Å². The first-order valence-corrected chi connectivity index (χ1v) is 9.04. The maximum Gasteiger partial charge on any atom is 0.219 e. The molecule has 1 atom stereocenters. The topological polar surface area (TPSA) is 12.5 Å². The van der Waals surface area contributed by atoms with E-state index in [2.05, 4.69) is 56.5 Å². The molecule has 1 aromatic carbocycles. The van der Waals surface area contributed by atoms with Crippen LogP contribution in [0.25, 0.3) is 0 Å². The first-order valence-electron chi connectivity index (χ1n) is 7.65. The van der Waals surface area contributed by atoms with Crippen molar-refractivity contribution in [3.05, 3.63) is 42.5 Å². The summed E-state index contributed by atoms with van der Waals surface area (Å²) in [5.74, 6) is 1.46. The lowest BCUT2D eigenvalue weighted by Gasteiger charge is -2.19. The highest BCUT2D eigenvalue weighted by atomic mass is 32.2. The minimum absolute atomic E-state index is 0.144. The van der Waals surface area contributed by atoms with E-state index in [4.69, 9.17) is 17.0 Å². The Kier molecular flexibility index (Phi) is 5.93. The highest BCUT2D eigenvalue weighted by Crippen LogP contribution is 2.37. The van der Waals surface area contributed by atoms with E-state index in [1.54, 1.807) is 11.8 Å². The number of hydrogen-bond acceptors (Lipinski definition) is 4. The minimum Gasteiger partial charge on any atom is -0.478 e. The van der Waals surface area contributed by atoms with Crippen molar-refractivity contribution in [2.24, 2.45) is 5.41 Å². The average Bonchev–Trinajstić information content (AvgIpc) is 2.81. The molecule has 2 rings (SSSR count). The van der Waals surface area contributed by atoms with Gasteiger partial charge in [0.05, 0.1) is 6.61 Å². The summed E-state index contributed by atoms with van der Waals surface area (Å²) in [7, 11) is 0. The third kappa shape index (κ3) is 4.75. The van der Waals surface area contributed by atoms with E-state index < -0.39 is 0 Å². The van der Waals surface area contributed by atoms with Crippen LogP contribution in [0.2, 0.25) is 0 Å². The number of rotatable bonds is 5. The monoisotopic (exact) mass is 335 g/mol. The highest BCUT2D eigenvalue weighted by Gasteiger charge is 2.27. The molecule has 0 bridgehead atoms. The van der Waals surface area contributed by atoms with Gasteiger partial charge >= 0.3 is 0 Å². The van der Waals surface area contributed by atoms with Crippen molar-refractivity contribution in [3.8, 4) is 0 Å². The van der Waals surface area contributed by atoms with Gasteiger partial charge in [-0.05, 0) is 29.3 Å². The Morgan fingerprint density at radius 3 is 2.86 bits per heavy atom. The Morgan fingerprint density at radius 1 is 1.45 bits per heavy atom. The number of para-hydroxylation sites is 1. The van der Waals surface area contributed by atoms with Crippen molar-refractivity contribution >= 4 is 34.0 Å². The smallest absolute Gasteiger partial charge is 0.219 e. The van der Waals surface area contributed by atoms with Crippen molar-refractivity contribution in [2.75, 3.05) is 30.3 Å². The predicted octanol–water partition coefficient (Wildman–Crippen LogP) is 4.86. The molecule has 1 heterocycles. The number of anilines is 1. The van der Waals surface area contributed by atoms with Crippen LogP contribution in [0.3, 0.4) is 0 Å². The van der Waals surface area contributed by atoms with Gasteiger partial charge in [0.2, 0.25) is 4.38 Å². The van der Waals surface area contributed by atoms with E-state index in [1.165, 1.54) is 11.3 Å². The van der Waals surface area contributed by atoms with Crippen molar-refractivity contribution in [1.82, 2.24) is 0 Å². The second kappa shape index (κ2) is 7.51. The maximum atomic E-state index is 5.69. The molecule has 0 radical (unpaired) electrons. The molecule has 1 aliphatic rings. The second-order valence-electron chi connectivity index (χ2n) is 6.86. The molecule has 0 N–H and O–H groups in total. The van der Waals surface area contributed by atoms with E-state index in [0.717, 1.165) is 18.8 Å². The van der Waals surface area contributed by atoms with Gasteiger partial charge in [0.25, 0.3) is 0 Å². The van der Waals surface area contributed by atoms with Gasteiger partial charge in [-0.25, -0.2) is 0 Å². The molecule has 0 fully saturated rings. The maximum absolute atomic E-state index is 5.69. The lowest BCUT2D eigenvalue weighted by molar-refractivity contribution is 0.197. The minimum atomic E-state index is 0.144. The third-order valence-corrected chi connectivity index (χ3v) is 4.93. The largest absolute Gasteiger partial charge is 0.478 e. The van der Waals surface area contributed by atoms with Crippen LogP contribution in [-0.2, 0) is 4.74 Å². The summed E-state index contributed by atoms with van der Waals surface area (Å²) in [4.78, 5) is 2.38. The number of hydrogen-bond donors (Lipinski definition) is 0. The van der Waals surface area contributed by atoms with Crippen molar-refractivity contribution < 1.29 is 4.74 Å². The lowest BCUT2D eigenvalue weighted by Crippen LogP contribution is -2.22. The van der Waals surface area contributed by atoms with Crippen LogP contribution in [0.15, 0.2) is 36.9 Å². The van der Waals surface area contributed by atoms with Gasteiger partial charge in [-0.1, -0.05) is 56.8 Å². The van der Waals surface area contributed by atoms with Crippen molar-refractivity contribution in [1.29, 1.82) is 0 Å². The fourth-order valence-corrected chi connectivity index (χ4v) is 3.57. The number of ether oxygens (including phenoxy) is 1. The summed E-state index contributed by atoms with van der Waals surface area (Å²) < 4.78 is 6.35. The Balaban J connectivity index is 1.91. The molecule has 0 spiro atoms. The molecule has 120 valence electrons. The van der Waals surface area contributed by atoms with Gasteiger partial charge < -0.3 is 9.64 Å². The standard InChI is InChI=1S/C18H25NOS2/c1-5-10-19-11-14(15-8-6-7-9-16(15)19)12-22-17(21)20-13-18(2,3)4/h5-9,14H,1,10-13H2,2-4H3. The van der Waals surface area contributed by atoms with Crippen LogP contribution in [0.1, 0.15) is 32.3 Å². The van der Waals surface area contributed by atoms with E-state index in [0.29, 0.717) is 16.9 Å². The second-order valence-corrected chi connectivity index (χ2v) is 8.48. The first kappa shape index (κ1) is 17.4. The van der Waals surface area contributed by atoms with Gasteiger partial charge in [-0.3, -0.25) is 0 Å². The van der Waals surface area contributed by atoms with Gasteiger partial charge in [0.1, 0.15) is 0 Å². The van der Waals surface area contributed by atoms with Crippen LogP contribution < -0.4 is 4.90 Å². The zero-order chi connectivity index (χ0) is 16.2. The Morgan fingerprint density at radius 2 is 2.18 bits per heavy atom. The predicted molar refractivity (Wildman–Crippen MR) is 102 cm³/mol.